The summed E-state index contributed by atoms with van der Waals surface area (Å²) >= 11 is 0. The van der Waals surface area contributed by atoms with Crippen LogP contribution in [0, 0.1) is 0 Å². The molecule has 1 fully saturated rings. The molecule has 0 atom stereocenters. The van der Waals surface area contributed by atoms with Gasteiger partial charge in [-0.1, -0.05) is 6.08 Å². The average Bonchev–Trinajstić information content (AvgIpc) is 2.21. The van der Waals surface area contributed by atoms with Gasteiger partial charge in [0.05, 0.1) is 6.61 Å². The van der Waals surface area contributed by atoms with Crippen LogP contribution in [0.1, 0.15) is 19.8 Å². The molecular weight excluding hydrogens is 194 g/mol. The molecule has 0 aliphatic carbocycles. The van der Waals surface area contributed by atoms with Crippen LogP contribution in [0.4, 0.5) is 0 Å². The summed E-state index contributed by atoms with van der Waals surface area (Å²) in [6.07, 6.45) is 4.49. The van der Waals surface area contributed by atoms with E-state index in [2.05, 4.69) is 4.90 Å². The molecule has 1 rings (SSSR count). The maximum Gasteiger partial charge on any atom is 0.330 e. The van der Waals surface area contributed by atoms with Crippen LogP contribution in [0.3, 0.4) is 0 Å². The number of ketones is 1. The fourth-order valence-corrected chi connectivity index (χ4v) is 1.47. The number of carbonyl (C=O) groups excluding carboxylic acids is 2. The summed E-state index contributed by atoms with van der Waals surface area (Å²) in [6.45, 7) is 4.49. The maximum absolute atomic E-state index is 11.0. The first-order chi connectivity index (χ1) is 7.22. The molecule has 0 spiro atoms. The van der Waals surface area contributed by atoms with Gasteiger partial charge in [-0.25, -0.2) is 4.79 Å². The van der Waals surface area contributed by atoms with Crippen LogP contribution in [0.2, 0.25) is 0 Å². The lowest BCUT2D eigenvalue weighted by atomic mass is 10.1. The zero-order chi connectivity index (χ0) is 11.1. The van der Waals surface area contributed by atoms with Crippen molar-refractivity contribution in [3.8, 4) is 0 Å². The molecule has 1 aliphatic rings. The average molecular weight is 211 g/mol. The zero-order valence-corrected chi connectivity index (χ0v) is 9.07. The van der Waals surface area contributed by atoms with Crippen molar-refractivity contribution in [1.82, 2.24) is 4.90 Å². The standard InChI is InChI=1S/C11H17NO3/c1-2-15-11(14)4-3-7-12-8-5-10(13)6-9-12/h3-4H,2,5-9H2,1H3/b4-3+. The lowest BCUT2D eigenvalue weighted by Gasteiger charge is -2.23. The zero-order valence-electron chi connectivity index (χ0n) is 9.07. The maximum atomic E-state index is 11.0. The van der Waals surface area contributed by atoms with E-state index in [-0.39, 0.29) is 5.97 Å². The molecule has 4 nitrogen and oxygen atoms in total. The van der Waals surface area contributed by atoms with Crippen molar-refractivity contribution < 1.29 is 14.3 Å². The van der Waals surface area contributed by atoms with Crippen LogP contribution in [-0.2, 0) is 14.3 Å². The molecule has 4 heteroatoms. The lowest BCUT2D eigenvalue weighted by molar-refractivity contribution is -0.137. The molecule has 0 N–H and O–H groups in total. The molecule has 0 aromatic heterocycles. The van der Waals surface area contributed by atoms with Gasteiger partial charge in [0.15, 0.2) is 0 Å². The Morgan fingerprint density at radius 1 is 1.47 bits per heavy atom. The second-order valence-electron chi connectivity index (χ2n) is 3.49. The van der Waals surface area contributed by atoms with Gasteiger partial charge in [0.25, 0.3) is 0 Å². The minimum atomic E-state index is -0.300. The summed E-state index contributed by atoms with van der Waals surface area (Å²) in [4.78, 5) is 24.1. The molecule has 0 saturated carbocycles. The number of carbonyl (C=O) groups is 2. The molecule has 1 aliphatic heterocycles. The van der Waals surface area contributed by atoms with Crippen LogP contribution in [-0.4, -0.2) is 42.9 Å². The number of ether oxygens (including phenoxy) is 1. The molecule has 0 unspecified atom stereocenters. The molecule has 0 aromatic carbocycles. The van der Waals surface area contributed by atoms with E-state index in [0.717, 1.165) is 13.1 Å². The van der Waals surface area contributed by atoms with Gasteiger partial charge in [0.1, 0.15) is 5.78 Å². The number of rotatable bonds is 4. The van der Waals surface area contributed by atoms with Gasteiger partial charge in [-0.3, -0.25) is 9.69 Å². The van der Waals surface area contributed by atoms with E-state index in [1.54, 1.807) is 13.0 Å². The number of hydrogen-bond donors (Lipinski definition) is 0. The van der Waals surface area contributed by atoms with Gasteiger partial charge in [-0.2, -0.15) is 0 Å². The number of hydrogen-bond acceptors (Lipinski definition) is 4. The molecular formula is C11H17NO3. The molecule has 84 valence electrons. The monoisotopic (exact) mass is 211 g/mol. The van der Waals surface area contributed by atoms with Gasteiger partial charge in [-0.05, 0) is 6.92 Å². The van der Waals surface area contributed by atoms with Gasteiger partial charge in [-0.15, -0.1) is 0 Å². The van der Waals surface area contributed by atoms with E-state index in [1.807, 2.05) is 0 Å². The van der Waals surface area contributed by atoms with Crippen molar-refractivity contribution in [2.75, 3.05) is 26.2 Å². The Hall–Kier alpha value is -1.16. The number of likely N-dealkylation sites (tertiary alicyclic amines) is 1. The first kappa shape index (κ1) is 11.9. The summed E-state index contributed by atoms with van der Waals surface area (Å²) in [7, 11) is 0. The molecule has 0 amide bonds. The minimum Gasteiger partial charge on any atom is -0.463 e. The Morgan fingerprint density at radius 2 is 2.13 bits per heavy atom. The second kappa shape index (κ2) is 6.35. The molecule has 15 heavy (non-hydrogen) atoms. The van der Waals surface area contributed by atoms with E-state index < -0.39 is 0 Å². The molecule has 1 saturated heterocycles. The van der Waals surface area contributed by atoms with E-state index in [9.17, 15) is 9.59 Å². The van der Waals surface area contributed by atoms with E-state index in [4.69, 9.17) is 4.74 Å². The van der Waals surface area contributed by atoms with Crippen molar-refractivity contribution in [3.05, 3.63) is 12.2 Å². The highest BCUT2D eigenvalue weighted by molar-refractivity contribution is 5.82. The predicted molar refractivity (Wildman–Crippen MR) is 56.5 cm³/mol. The van der Waals surface area contributed by atoms with Gasteiger partial charge < -0.3 is 4.74 Å². The van der Waals surface area contributed by atoms with Crippen molar-refractivity contribution in [3.63, 3.8) is 0 Å². The Morgan fingerprint density at radius 3 is 2.73 bits per heavy atom. The topological polar surface area (TPSA) is 46.6 Å². The third kappa shape index (κ3) is 4.74. The van der Waals surface area contributed by atoms with Gasteiger partial charge in [0.2, 0.25) is 0 Å². The Bertz CT molecular complexity index is 251. The molecule has 0 aromatic rings. The number of Topliss-reactive ketones (excluding diaryl/α,β-unsaturated/α-hetero) is 1. The van der Waals surface area contributed by atoms with Crippen LogP contribution in [0.5, 0.6) is 0 Å². The number of nitrogens with zero attached hydrogens (tertiary/aromatic N) is 1. The fourth-order valence-electron chi connectivity index (χ4n) is 1.47. The summed E-state index contributed by atoms with van der Waals surface area (Å²) in [5.74, 6) is 0.0335. The number of esters is 1. The quantitative estimate of drug-likeness (QED) is 0.509. The normalized spacial score (nSPS) is 18.3. The smallest absolute Gasteiger partial charge is 0.330 e. The molecule has 0 bridgehead atoms. The highest BCUT2D eigenvalue weighted by Crippen LogP contribution is 2.04. The summed E-state index contributed by atoms with van der Waals surface area (Å²) in [5, 5.41) is 0. The largest absolute Gasteiger partial charge is 0.463 e. The molecule has 0 radical (unpaired) electrons. The minimum absolute atomic E-state index is 0.300. The van der Waals surface area contributed by atoms with E-state index in [0.29, 0.717) is 31.8 Å². The van der Waals surface area contributed by atoms with E-state index in [1.165, 1.54) is 6.08 Å². The Labute approximate surface area is 89.9 Å². The van der Waals surface area contributed by atoms with E-state index >= 15 is 0 Å². The van der Waals surface area contributed by atoms with Gasteiger partial charge in [0, 0.05) is 38.6 Å². The van der Waals surface area contributed by atoms with Gasteiger partial charge >= 0.3 is 5.97 Å². The second-order valence-corrected chi connectivity index (χ2v) is 3.49. The Balaban J connectivity index is 2.19. The first-order valence-corrected chi connectivity index (χ1v) is 5.29. The highest BCUT2D eigenvalue weighted by atomic mass is 16.5. The van der Waals surface area contributed by atoms with Crippen molar-refractivity contribution in [2.45, 2.75) is 19.8 Å². The summed E-state index contributed by atoms with van der Waals surface area (Å²) < 4.78 is 4.75. The molecule has 1 heterocycles. The third-order valence-electron chi connectivity index (χ3n) is 2.32. The van der Waals surface area contributed by atoms with Crippen LogP contribution in [0.15, 0.2) is 12.2 Å². The number of piperidine rings is 1. The van der Waals surface area contributed by atoms with Crippen molar-refractivity contribution in [1.29, 1.82) is 0 Å². The summed E-state index contributed by atoms with van der Waals surface area (Å²) in [6, 6.07) is 0. The SMILES string of the molecule is CCOC(=O)/C=C/CN1CCC(=O)CC1. The van der Waals surface area contributed by atoms with Crippen molar-refractivity contribution in [2.24, 2.45) is 0 Å². The third-order valence-corrected chi connectivity index (χ3v) is 2.32. The van der Waals surface area contributed by atoms with Crippen LogP contribution in [0.25, 0.3) is 0 Å². The van der Waals surface area contributed by atoms with Crippen LogP contribution < -0.4 is 0 Å². The highest BCUT2D eigenvalue weighted by Gasteiger charge is 2.14. The Kier molecular flexibility index (Phi) is 5.04. The first-order valence-electron chi connectivity index (χ1n) is 5.29. The lowest BCUT2D eigenvalue weighted by Crippen LogP contribution is -2.33. The predicted octanol–water partition coefficient (Wildman–Crippen LogP) is 0.771. The summed E-state index contributed by atoms with van der Waals surface area (Å²) in [5.41, 5.74) is 0. The van der Waals surface area contributed by atoms with Crippen LogP contribution >= 0.6 is 0 Å². The fraction of sp³-hybridized carbons (Fsp3) is 0.636. The van der Waals surface area contributed by atoms with Crippen molar-refractivity contribution >= 4 is 11.8 Å².